The number of aryl methyl sites for hydroxylation is 1. The number of aromatic carboxylic acids is 1. The molecule has 1 aromatic carbocycles. The van der Waals surface area contributed by atoms with Crippen molar-refractivity contribution in [1.29, 1.82) is 0 Å². The van der Waals surface area contributed by atoms with E-state index in [1.54, 1.807) is 6.07 Å². The Hall–Kier alpha value is -2.11. The van der Waals surface area contributed by atoms with Gasteiger partial charge in [-0.2, -0.15) is 0 Å². The molecule has 0 unspecified atom stereocenters. The molecule has 0 radical (unpaired) electrons. The zero-order valence-electron chi connectivity index (χ0n) is 10.8. The van der Waals surface area contributed by atoms with Crippen LogP contribution in [0.2, 0.25) is 10.0 Å². The molecule has 0 fully saturated rings. The van der Waals surface area contributed by atoms with Crippen LogP contribution in [0.3, 0.4) is 0 Å². The second kappa shape index (κ2) is 5.02. The predicted octanol–water partition coefficient (Wildman–Crippen LogP) is 3.71. The summed E-state index contributed by atoms with van der Waals surface area (Å²) < 4.78 is 1.53. The van der Waals surface area contributed by atoms with Gasteiger partial charge in [-0.3, -0.25) is 4.40 Å². The molecule has 0 saturated carbocycles. The van der Waals surface area contributed by atoms with Crippen molar-refractivity contribution in [3.63, 3.8) is 0 Å². The number of pyridine rings is 1. The van der Waals surface area contributed by atoms with Gasteiger partial charge in [-0.05, 0) is 24.6 Å². The van der Waals surface area contributed by atoms with Crippen LogP contribution in [0.5, 0.6) is 0 Å². The molecule has 3 rings (SSSR count). The summed E-state index contributed by atoms with van der Waals surface area (Å²) >= 11 is 12.4. The minimum Gasteiger partial charge on any atom is -0.478 e. The first kappa shape index (κ1) is 13.9. The maximum atomic E-state index is 11.1. The molecule has 0 atom stereocenters. The lowest BCUT2D eigenvalue weighted by molar-refractivity contribution is 0.0696. The minimum absolute atomic E-state index is 0.0531. The summed E-state index contributed by atoms with van der Waals surface area (Å²) in [7, 11) is 0. The molecule has 0 saturated heterocycles. The Bertz CT molecular complexity index is 874. The van der Waals surface area contributed by atoms with Gasteiger partial charge in [0.05, 0.1) is 15.6 Å². The van der Waals surface area contributed by atoms with Crippen LogP contribution in [0.4, 0.5) is 0 Å². The molecule has 0 aliphatic heterocycles. The Labute approximate surface area is 129 Å². The Morgan fingerprint density at radius 2 is 2.05 bits per heavy atom. The first-order valence-corrected chi connectivity index (χ1v) is 6.77. The number of hydrogen-bond acceptors (Lipinski definition) is 3. The number of nitrogens with zero attached hydrogens (tertiary/aromatic N) is 3. The second-order valence-electron chi connectivity index (χ2n) is 4.54. The van der Waals surface area contributed by atoms with Gasteiger partial charge in [-0.15, -0.1) is 10.2 Å². The van der Waals surface area contributed by atoms with Crippen LogP contribution in [0.25, 0.3) is 17.0 Å². The Kier molecular flexibility index (Phi) is 3.31. The van der Waals surface area contributed by atoms with E-state index >= 15 is 0 Å². The fourth-order valence-corrected chi connectivity index (χ4v) is 2.53. The lowest BCUT2D eigenvalue weighted by Crippen LogP contribution is -2.00. The van der Waals surface area contributed by atoms with Crippen LogP contribution in [0.15, 0.2) is 30.5 Å². The van der Waals surface area contributed by atoms with E-state index in [9.17, 15) is 4.79 Å². The molecule has 2 heterocycles. The van der Waals surface area contributed by atoms with E-state index in [4.69, 9.17) is 28.3 Å². The van der Waals surface area contributed by atoms with Gasteiger partial charge >= 0.3 is 5.97 Å². The fourth-order valence-electron chi connectivity index (χ4n) is 2.07. The van der Waals surface area contributed by atoms with Gasteiger partial charge in [-0.25, -0.2) is 4.79 Å². The van der Waals surface area contributed by atoms with Crippen molar-refractivity contribution < 1.29 is 9.90 Å². The second-order valence-corrected chi connectivity index (χ2v) is 5.32. The highest BCUT2D eigenvalue weighted by Crippen LogP contribution is 2.31. The van der Waals surface area contributed by atoms with Crippen molar-refractivity contribution in [2.24, 2.45) is 0 Å². The largest absolute Gasteiger partial charge is 0.478 e. The highest BCUT2D eigenvalue weighted by Gasteiger charge is 2.16. The molecular formula is C14H9Cl2N3O2. The lowest BCUT2D eigenvalue weighted by atomic mass is 10.1. The summed E-state index contributed by atoms with van der Waals surface area (Å²) in [5.41, 5.74) is 2.00. The van der Waals surface area contributed by atoms with Gasteiger partial charge in [-0.1, -0.05) is 35.3 Å². The van der Waals surface area contributed by atoms with Gasteiger partial charge in [0, 0.05) is 11.8 Å². The van der Waals surface area contributed by atoms with Gasteiger partial charge in [0.15, 0.2) is 11.5 Å². The minimum atomic E-state index is -1.08. The standard InChI is InChI=1S/C14H9Cl2N3O2/c1-7-3-2-4-9(11(7)16)12-17-18-13-10(15)5-8(14(20)21)6-19(12)13/h2-6H,1H3,(H,20,21). The van der Waals surface area contributed by atoms with Gasteiger partial charge < -0.3 is 5.11 Å². The molecule has 21 heavy (non-hydrogen) atoms. The number of rotatable bonds is 2. The van der Waals surface area contributed by atoms with Crippen molar-refractivity contribution in [3.05, 3.63) is 51.6 Å². The van der Waals surface area contributed by atoms with E-state index in [0.29, 0.717) is 22.1 Å². The monoisotopic (exact) mass is 321 g/mol. The topological polar surface area (TPSA) is 67.5 Å². The molecule has 2 aromatic heterocycles. The molecular weight excluding hydrogens is 313 g/mol. The third-order valence-electron chi connectivity index (χ3n) is 3.14. The van der Waals surface area contributed by atoms with E-state index in [1.807, 2.05) is 19.1 Å². The molecule has 3 aromatic rings. The molecule has 0 aliphatic carbocycles. The first-order chi connectivity index (χ1) is 9.99. The summed E-state index contributed by atoms with van der Waals surface area (Å²) in [6, 6.07) is 6.87. The Morgan fingerprint density at radius 1 is 1.29 bits per heavy atom. The van der Waals surface area contributed by atoms with Crippen molar-refractivity contribution in [3.8, 4) is 11.4 Å². The number of fused-ring (bicyclic) bond motifs is 1. The van der Waals surface area contributed by atoms with Crippen LogP contribution in [-0.2, 0) is 0 Å². The zero-order valence-corrected chi connectivity index (χ0v) is 12.4. The average Bonchev–Trinajstić information content (AvgIpc) is 2.86. The SMILES string of the molecule is Cc1cccc(-c2nnc3c(Cl)cc(C(=O)O)cn23)c1Cl. The lowest BCUT2D eigenvalue weighted by Gasteiger charge is -2.06. The summed E-state index contributed by atoms with van der Waals surface area (Å²) in [5.74, 6) is -0.627. The van der Waals surface area contributed by atoms with Crippen molar-refractivity contribution in [2.45, 2.75) is 6.92 Å². The predicted molar refractivity (Wildman–Crippen MR) is 80.1 cm³/mol. The van der Waals surface area contributed by atoms with E-state index < -0.39 is 5.97 Å². The Morgan fingerprint density at radius 3 is 2.76 bits per heavy atom. The summed E-state index contributed by atoms with van der Waals surface area (Å²) in [5, 5.41) is 18.0. The van der Waals surface area contributed by atoms with Crippen molar-refractivity contribution in [1.82, 2.24) is 14.6 Å². The van der Waals surface area contributed by atoms with E-state index in [1.165, 1.54) is 16.7 Å². The zero-order chi connectivity index (χ0) is 15.1. The number of hydrogen-bond donors (Lipinski definition) is 1. The number of aromatic nitrogens is 3. The third kappa shape index (κ3) is 2.24. The smallest absolute Gasteiger partial charge is 0.337 e. The van der Waals surface area contributed by atoms with E-state index in [0.717, 1.165) is 5.56 Å². The van der Waals surface area contributed by atoms with Crippen LogP contribution in [-0.4, -0.2) is 25.7 Å². The number of halogens is 2. The molecule has 0 bridgehead atoms. The maximum Gasteiger partial charge on any atom is 0.337 e. The summed E-state index contributed by atoms with van der Waals surface area (Å²) in [6.45, 7) is 1.88. The molecule has 0 spiro atoms. The number of carboxylic acid groups (broad SMARTS) is 1. The highest BCUT2D eigenvalue weighted by atomic mass is 35.5. The average molecular weight is 322 g/mol. The number of benzene rings is 1. The highest BCUT2D eigenvalue weighted by molar-refractivity contribution is 6.34. The van der Waals surface area contributed by atoms with Crippen LogP contribution in [0, 0.1) is 6.92 Å². The van der Waals surface area contributed by atoms with E-state index in [2.05, 4.69) is 10.2 Å². The Balaban J connectivity index is 2.33. The first-order valence-electron chi connectivity index (χ1n) is 6.02. The van der Waals surface area contributed by atoms with Crippen molar-refractivity contribution >= 4 is 34.8 Å². The number of carbonyl (C=O) groups is 1. The molecule has 1 N–H and O–H groups in total. The van der Waals surface area contributed by atoms with Crippen LogP contribution >= 0.6 is 23.2 Å². The fraction of sp³-hybridized carbons (Fsp3) is 0.0714. The molecule has 5 nitrogen and oxygen atoms in total. The van der Waals surface area contributed by atoms with Crippen LogP contribution in [0.1, 0.15) is 15.9 Å². The maximum absolute atomic E-state index is 11.1. The summed E-state index contributed by atoms with van der Waals surface area (Å²) in [4.78, 5) is 11.1. The van der Waals surface area contributed by atoms with Crippen LogP contribution < -0.4 is 0 Å². The third-order valence-corrected chi connectivity index (χ3v) is 3.92. The summed E-state index contributed by atoms with van der Waals surface area (Å²) in [6.07, 6.45) is 1.43. The molecule has 106 valence electrons. The van der Waals surface area contributed by atoms with Gasteiger partial charge in [0.2, 0.25) is 0 Å². The quantitative estimate of drug-likeness (QED) is 0.781. The molecule has 0 aliphatic rings. The van der Waals surface area contributed by atoms with Crippen molar-refractivity contribution in [2.75, 3.05) is 0 Å². The number of carboxylic acids is 1. The molecule has 0 amide bonds. The molecule has 7 heteroatoms. The van der Waals surface area contributed by atoms with Gasteiger partial charge in [0.25, 0.3) is 0 Å². The van der Waals surface area contributed by atoms with Gasteiger partial charge in [0.1, 0.15) is 0 Å². The van der Waals surface area contributed by atoms with E-state index in [-0.39, 0.29) is 10.6 Å². The normalized spacial score (nSPS) is 11.0.